The summed E-state index contributed by atoms with van der Waals surface area (Å²) in [6.07, 6.45) is 5.76. The summed E-state index contributed by atoms with van der Waals surface area (Å²) in [5.74, 6) is 1.70. The summed E-state index contributed by atoms with van der Waals surface area (Å²) in [5.41, 5.74) is 3.42. The van der Waals surface area contributed by atoms with E-state index in [-0.39, 0.29) is 22.8 Å². The molecule has 1 saturated heterocycles. The first-order valence-corrected chi connectivity index (χ1v) is 14.3. The van der Waals surface area contributed by atoms with Crippen LogP contribution in [-0.2, 0) is 10.2 Å². The van der Waals surface area contributed by atoms with Crippen LogP contribution >= 0.6 is 0 Å². The number of rotatable bonds is 8. The number of anilines is 3. The van der Waals surface area contributed by atoms with Crippen LogP contribution < -0.4 is 15.5 Å². The molecule has 1 aliphatic carbocycles. The van der Waals surface area contributed by atoms with Crippen molar-refractivity contribution in [3.05, 3.63) is 59.9 Å². The monoisotopic (exact) mass is 543 g/mol. The van der Waals surface area contributed by atoms with Gasteiger partial charge in [0.05, 0.1) is 23.3 Å². The van der Waals surface area contributed by atoms with Crippen LogP contribution in [0.2, 0.25) is 0 Å². The fourth-order valence-corrected chi connectivity index (χ4v) is 5.32. The van der Waals surface area contributed by atoms with Gasteiger partial charge in [0.15, 0.2) is 0 Å². The zero-order valence-corrected chi connectivity index (χ0v) is 24.3. The Morgan fingerprint density at radius 2 is 1.70 bits per heavy atom. The van der Waals surface area contributed by atoms with Gasteiger partial charge >= 0.3 is 6.03 Å². The minimum absolute atomic E-state index is 0.0765. The molecular formula is C31H41N7O2. The summed E-state index contributed by atoms with van der Waals surface area (Å²) in [7, 11) is 0. The summed E-state index contributed by atoms with van der Waals surface area (Å²) in [6.45, 7) is 13.3. The quantitative estimate of drug-likeness (QED) is 0.377. The number of carbonyl (C=O) groups is 2. The maximum absolute atomic E-state index is 13.0. The molecule has 0 atom stereocenters. The number of aryl methyl sites for hydroxylation is 1. The van der Waals surface area contributed by atoms with Crippen molar-refractivity contribution in [2.24, 2.45) is 5.41 Å². The van der Waals surface area contributed by atoms with E-state index in [0.717, 1.165) is 56.0 Å². The van der Waals surface area contributed by atoms with E-state index in [4.69, 9.17) is 5.10 Å². The number of piperazine rings is 1. The zero-order valence-electron chi connectivity index (χ0n) is 24.3. The molecule has 1 saturated carbocycles. The predicted octanol–water partition coefficient (Wildman–Crippen LogP) is 5.75. The van der Waals surface area contributed by atoms with Crippen molar-refractivity contribution in [1.82, 2.24) is 19.7 Å². The van der Waals surface area contributed by atoms with Gasteiger partial charge in [-0.05, 0) is 50.5 Å². The molecule has 3 heterocycles. The molecule has 0 radical (unpaired) electrons. The van der Waals surface area contributed by atoms with Gasteiger partial charge < -0.3 is 15.1 Å². The highest BCUT2D eigenvalue weighted by Crippen LogP contribution is 2.47. The smallest absolute Gasteiger partial charge is 0.324 e. The zero-order chi connectivity index (χ0) is 28.5. The Kier molecular flexibility index (Phi) is 7.57. The molecule has 3 aromatic rings. The number of carbonyl (C=O) groups excluding carboxylic acids is 2. The summed E-state index contributed by atoms with van der Waals surface area (Å²) in [6, 6.07) is 13.5. The predicted molar refractivity (Wildman–Crippen MR) is 159 cm³/mol. The largest absolute Gasteiger partial charge is 0.353 e. The number of hydrogen-bond acceptors (Lipinski definition) is 5. The van der Waals surface area contributed by atoms with Crippen LogP contribution in [0.1, 0.15) is 64.6 Å². The van der Waals surface area contributed by atoms with E-state index < -0.39 is 0 Å². The second-order valence-electron chi connectivity index (χ2n) is 12.1. The Morgan fingerprint density at radius 3 is 2.30 bits per heavy atom. The van der Waals surface area contributed by atoms with Crippen molar-refractivity contribution in [3.8, 4) is 5.69 Å². The number of nitrogens with zero attached hydrogens (tertiary/aromatic N) is 5. The van der Waals surface area contributed by atoms with Crippen molar-refractivity contribution in [2.75, 3.05) is 41.7 Å². The molecule has 40 heavy (non-hydrogen) atoms. The maximum Gasteiger partial charge on any atom is 0.324 e. The number of aromatic nitrogens is 3. The van der Waals surface area contributed by atoms with E-state index in [0.29, 0.717) is 24.6 Å². The van der Waals surface area contributed by atoms with E-state index >= 15 is 0 Å². The first kappa shape index (κ1) is 27.7. The molecule has 2 N–H and O–H groups in total. The van der Waals surface area contributed by atoms with E-state index in [1.54, 1.807) is 10.9 Å². The lowest BCUT2D eigenvalue weighted by atomic mass is 9.86. The highest BCUT2D eigenvalue weighted by Gasteiger charge is 2.42. The standard InChI is InChI=1S/C31H41N7O2/c1-6-13-30(3,4)28(39)37-18-16-36(17-19-37)26-12-9-23(21-32-26)33-29(40)34-27-20-25(31(5)14-15-31)35-38(27)24-10-7-22(2)8-11-24/h7-12,20-21H,6,13-19H2,1-5H3,(H2,33,34,40). The summed E-state index contributed by atoms with van der Waals surface area (Å²) >= 11 is 0. The highest BCUT2D eigenvalue weighted by molar-refractivity contribution is 5.99. The van der Waals surface area contributed by atoms with Gasteiger partial charge in [-0.25, -0.2) is 14.5 Å². The van der Waals surface area contributed by atoms with Gasteiger partial charge in [-0.3, -0.25) is 10.1 Å². The molecule has 2 fully saturated rings. The van der Waals surface area contributed by atoms with Gasteiger partial charge in [0.25, 0.3) is 0 Å². The van der Waals surface area contributed by atoms with Crippen molar-refractivity contribution < 1.29 is 9.59 Å². The van der Waals surface area contributed by atoms with Crippen LogP contribution in [-0.4, -0.2) is 57.8 Å². The third kappa shape index (κ3) is 5.98. The fourth-order valence-electron chi connectivity index (χ4n) is 5.32. The van der Waals surface area contributed by atoms with Gasteiger partial charge in [-0.2, -0.15) is 5.10 Å². The molecule has 0 spiro atoms. The van der Waals surface area contributed by atoms with Crippen molar-refractivity contribution in [2.45, 2.75) is 65.7 Å². The Bertz CT molecular complexity index is 1350. The molecule has 3 amide bonds. The molecule has 212 valence electrons. The Morgan fingerprint density at radius 1 is 1.00 bits per heavy atom. The lowest BCUT2D eigenvalue weighted by Gasteiger charge is -2.39. The van der Waals surface area contributed by atoms with Crippen LogP contribution in [0, 0.1) is 12.3 Å². The van der Waals surface area contributed by atoms with E-state index in [1.165, 1.54) is 5.56 Å². The van der Waals surface area contributed by atoms with Crippen molar-refractivity contribution >= 4 is 29.3 Å². The molecule has 2 aromatic heterocycles. The lowest BCUT2D eigenvalue weighted by Crippen LogP contribution is -2.52. The Balaban J connectivity index is 1.20. The van der Waals surface area contributed by atoms with Crippen LogP contribution in [0.5, 0.6) is 0 Å². The van der Waals surface area contributed by atoms with Gasteiger partial charge in [-0.1, -0.05) is 51.8 Å². The molecule has 2 aliphatic rings. The molecule has 1 aliphatic heterocycles. The summed E-state index contributed by atoms with van der Waals surface area (Å²) in [4.78, 5) is 34.7. The number of nitrogens with one attached hydrogen (secondary N) is 2. The minimum Gasteiger partial charge on any atom is -0.353 e. The van der Waals surface area contributed by atoms with Crippen molar-refractivity contribution in [1.29, 1.82) is 0 Å². The van der Waals surface area contributed by atoms with Gasteiger partial charge in [0, 0.05) is 43.1 Å². The fraction of sp³-hybridized carbons (Fsp3) is 0.484. The first-order valence-electron chi connectivity index (χ1n) is 14.3. The first-order chi connectivity index (χ1) is 19.1. The number of amides is 3. The molecular weight excluding hydrogens is 502 g/mol. The van der Waals surface area contributed by atoms with Crippen molar-refractivity contribution in [3.63, 3.8) is 0 Å². The highest BCUT2D eigenvalue weighted by atomic mass is 16.2. The van der Waals surface area contributed by atoms with Gasteiger partial charge in [0.1, 0.15) is 11.6 Å². The van der Waals surface area contributed by atoms with E-state index in [2.05, 4.69) is 34.4 Å². The normalized spacial score (nSPS) is 16.5. The molecule has 0 unspecified atom stereocenters. The molecule has 9 heteroatoms. The third-order valence-corrected chi connectivity index (χ3v) is 8.20. The topological polar surface area (TPSA) is 95.4 Å². The SMILES string of the molecule is CCCC(C)(C)C(=O)N1CCN(c2ccc(NC(=O)Nc3cc(C4(C)CC4)nn3-c3ccc(C)cc3)cn2)CC1. The minimum atomic E-state index is -0.350. The Labute approximate surface area is 237 Å². The summed E-state index contributed by atoms with van der Waals surface area (Å²) < 4.78 is 1.80. The second kappa shape index (κ2) is 10.9. The van der Waals surface area contributed by atoms with Crippen LogP contribution in [0.4, 0.5) is 22.1 Å². The number of hydrogen-bond donors (Lipinski definition) is 2. The molecule has 5 rings (SSSR count). The van der Waals surface area contributed by atoms with Crippen LogP contribution in [0.25, 0.3) is 5.69 Å². The van der Waals surface area contributed by atoms with Crippen LogP contribution in [0.15, 0.2) is 48.7 Å². The maximum atomic E-state index is 13.0. The lowest BCUT2D eigenvalue weighted by molar-refractivity contribution is -0.141. The van der Waals surface area contributed by atoms with E-state index in [1.807, 2.05) is 68.1 Å². The van der Waals surface area contributed by atoms with Gasteiger partial charge in [-0.15, -0.1) is 0 Å². The number of benzene rings is 1. The number of urea groups is 1. The average Bonchev–Trinajstić information content (AvgIpc) is 3.55. The average molecular weight is 544 g/mol. The Hall–Kier alpha value is -3.88. The van der Waals surface area contributed by atoms with E-state index in [9.17, 15) is 9.59 Å². The van der Waals surface area contributed by atoms with Crippen LogP contribution in [0.3, 0.4) is 0 Å². The molecule has 9 nitrogen and oxygen atoms in total. The second-order valence-corrected chi connectivity index (χ2v) is 12.1. The number of pyridine rings is 1. The molecule has 1 aromatic carbocycles. The summed E-state index contributed by atoms with van der Waals surface area (Å²) in [5, 5.41) is 10.7. The van der Waals surface area contributed by atoms with Gasteiger partial charge in [0.2, 0.25) is 5.91 Å². The third-order valence-electron chi connectivity index (χ3n) is 8.20. The molecule has 0 bridgehead atoms.